The number of aromatic nitrogens is 5. The largest absolute Gasteiger partial charge is 0.298 e. The quantitative estimate of drug-likeness (QED) is 0.382. The van der Waals surface area contributed by atoms with Crippen molar-refractivity contribution in [3.05, 3.63) is 86.6 Å². The predicted molar refractivity (Wildman–Crippen MR) is 118 cm³/mol. The van der Waals surface area contributed by atoms with Crippen molar-refractivity contribution in [2.24, 2.45) is 4.99 Å². The molecule has 0 radical (unpaired) electrons. The molecular weight excluding hydrogens is 400 g/mol. The van der Waals surface area contributed by atoms with Gasteiger partial charge in [-0.2, -0.15) is 0 Å². The number of thioether (sulfide) groups is 1. The first-order valence-corrected chi connectivity index (χ1v) is 10.3. The Bertz CT molecular complexity index is 1340. The molecule has 0 saturated heterocycles. The van der Waals surface area contributed by atoms with E-state index in [1.165, 1.54) is 22.7 Å². The molecule has 0 unspecified atom stereocenters. The van der Waals surface area contributed by atoms with Crippen molar-refractivity contribution in [1.82, 2.24) is 25.0 Å². The van der Waals surface area contributed by atoms with Crippen LogP contribution in [-0.4, -0.2) is 37.4 Å². The van der Waals surface area contributed by atoms with Gasteiger partial charge in [0.1, 0.15) is 0 Å². The lowest BCUT2D eigenvalue weighted by Crippen LogP contribution is -2.17. The SMILES string of the molecule is CSc1nnc(-c2ccccc2N=Cc2c(C)[nH]n(-c3ccccc3)c2=O)c(=O)[nH]1. The van der Waals surface area contributed by atoms with Gasteiger partial charge < -0.3 is 0 Å². The van der Waals surface area contributed by atoms with Crippen LogP contribution in [0.25, 0.3) is 16.9 Å². The highest BCUT2D eigenvalue weighted by Gasteiger charge is 2.13. The summed E-state index contributed by atoms with van der Waals surface area (Å²) in [6.07, 6.45) is 3.31. The van der Waals surface area contributed by atoms with E-state index in [1.807, 2.05) is 37.3 Å². The Morgan fingerprint density at radius 2 is 1.77 bits per heavy atom. The third-order valence-corrected chi connectivity index (χ3v) is 5.06. The summed E-state index contributed by atoms with van der Waals surface area (Å²) in [5.74, 6) is 0. The van der Waals surface area contributed by atoms with Crippen molar-refractivity contribution in [3.63, 3.8) is 0 Å². The Morgan fingerprint density at radius 1 is 1.03 bits per heavy atom. The molecule has 0 aliphatic heterocycles. The van der Waals surface area contributed by atoms with E-state index in [0.717, 1.165) is 5.69 Å². The standard InChI is InChI=1S/C21H18N6O2S/c1-13-16(20(29)27(26-13)14-8-4-3-5-9-14)12-22-17-11-7-6-10-15(17)18-19(28)23-21(30-2)25-24-18/h3-12,26H,1-2H3,(H,23,25,28). The number of benzene rings is 2. The van der Waals surface area contributed by atoms with Gasteiger partial charge in [-0.15, -0.1) is 10.2 Å². The summed E-state index contributed by atoms with van der Waals surface area (Å²) in [7, 11) is 0. The van der Waals surface area contributed by atoms with Crippen molar-refractivity contribution in [1.29, 1.82) is 0 Å². The number of nitrogens with one attached hydrogen (secondary N) is 2. The Labute approximate surface area is 175 Å². The fourth-order valence-electron chi connectivity index (χ4n) is 2.98. The molecule has 2 heterocycles. The summed E-state index contributed by atoms with van der Waals surface area (Å²) < 4.78 is 1.47. The number of aliphatic imine (C=N–C) groups is 1. The summed E-state index contributed by atoms with van der Waals surface area (Å²) >= 11 is 1.30. The first-order chi connectivity index (χ1) is 14.6. The zero-order valence-electron chi connectivity index (χ0n) is 16.3. The minimum atomic E-state index is -0.346. The average Bonchev–Trinajstić information content (AvgIpc) is 3.06. The molecule has 0 fully saturated rings. The Balaban J connectivity index is 1.74. The zero-order valence-corrected chi connectivity index (χ0v) is 17.1. The third-order valence-electron chi connectivity index (χ3n) is 4.49. The minimum absolute atomic E-state index is 0.174. The van der Waals surface area contributed by atoms with Gasteiger partial charge in [0.2, 0.25) is 0 Å². The van der Waals surface area contributed by atoms with Gasteiger partial charge in [0, 0.05) is 17.5 Å². The van der Waals surface area contributed by atoms with E-state index in [1.54, 1.807) is 30.5 Å². The van der Waals surface area contributed by atoms with E-state index in [4.69, 9.17) is 0 Å². The molecule has 2 aromatic heterocycles. The molecule has 2 N–H and O–H groups in total. The van der Waals surface area contributed by atoms with Gasteiger partial charge in [-0.25, -0.2) is 4.68 Å². The van der Waals surface area contributed by atoms with Gasteiger partial charge in [-0.05, 0) is 31.4 Å². The summed E-state index contributed by atoms with van der Waals surface area (Å²) in [5.41, 5.74) is 2.53. The second-order valence-corrected chi connectivity index (χ2v) is 7.21. The number of hydrogen-bond acceptors (Lipinski definition) is 6. The second kappa shape index (κ2) is 8.34. The van der Waals surface area contributed by atoms with Crippen molar-refractivity contribution in [3.8, 4) is 16.9 Å². The Hall–Kier alpha value is -3.72. The van der Waals surface area contributed by atoms with Crippen molar-refractivity contribution in [2.45, 2.75) is 12.1 Å². The van der Waals surface area contributed by atoms with E-state index in [0.29, 0.717) is 27.7 Å². The maximum atomic E-state index is 12.9. The highest BCUT2D eigenvalue weighted by Crippen LogP contribution is 2.26. The van der Waals surface area contributed by atoms with Crippen LogP contribution in [0.4, 0.5) is 5.69 Å². The number of aromatic amines is 2. The monoisotopic (exact) mass is 418 g/mol. The van der Waals surface area contributed by atoms with E-state index in [9.17, 15) is 9.59 Å². The molecule has 0 bridgehead atoms. The number of aryl methyl sites for hydroxylation is 1. The Morgan fingerprint density at radius 3 is 2.50 bits per heavy atom. The summed E-state index contributed by atoms with van der Waals surface area (Å²) in [6.45, 7) is 1.81. The van der Waals surface area contributed by atoms with Gasteiger partial charge in [0.15, 0.2) is 10.9 Å². The van der Waals surface area contributed by atoms with Gasteiger partial charge in [-0.1, -0.05) is 48.2 Å². The number of nitrogens with zero attached hydrogens (tertiary/aromatic N) is 4. The normalized spacial score (nSPS) is 11.3. The molecule has 8 nitrogen and oxygen atoms in total. The molecule has 9 heteroatoms. The predicted octanol–water partition coefficient (Wildman–Crippen LogP) is 3.09. The zero-order chi connectivity index (χ0) is 21.1. The second-order valence-electron chi connectivity index (χ2n) is 6.41. The highest BCUT2D eigenvalue weighted by atomic mass is 32.2. The van der Waals surface area contributed by atoms with Crippen LogP contribution >= 0.6 is 11.8 Å². The highest BCUT2D eigenvalue weighted by molar-refractivity contribution is 7.98. The number of hydrogen-bond donors (Lipinski definition) is 2. The van der Waals surface area contributed by atoms with Gasteiger partial charge >= 0.3 is 0 Å². The molecule has 0 aliphatic rings. The lowest BCUT2D eigenvalue weighted by molar-refractivity contribution is 0.826. The summed E-state index contributed by atoms with van der Waals surface area (Å²) in [5, 5.41) is 11.6. The number of H-pyrrole nitrogens is 2. The minimum Gasteiger partial charge on any atom is -0.298 e. The molecule has 4 aromatic rings. The van der Waals surface area contributed by atoms with E-state index < -0.39 is 0 Å². The molecule has 2 aromatic carbocycles. The van der Waals surface area contributed by atoms with Gasteiger partial charge in [0.05, 0.1) is 16.9 Å². The topological polar surface area (TPSA) is 109 Å². The molecule has 4 rings (SSSR count). The average molecular weight is 418 g/mol. The van der Waals surface area contributed by atoms with Crippen LogP contribution in [0.3, 0.4) is 0 Å². The smallest absolute Gasteiger partial charge is 0.280 e. The summed E-state index contributed by atoms with van der Waals surface area (Å²) in [6, 6.07) is 16.4. The van der Waals surface area contributed by atoms with Crippen LogP contribution in [0.2, 0.25) is 0 Å². The van der Waals surface area contributed by atoms with Gasteiger partial charge in [-0.3, -0.25) is 24.7 Å². The lowest BCUT2D eigenvalue weighted by atomic mass is 10.1. The fraction of sp³-hybridized carbons (Fsp3) is 0.0952. The van der Waals surface area contributed by atoms with Crippen molar-refractivity contribution in [2.75, 3.05) is 6.26 Å². The van der Waals surface area contributed by atoms with Crippen LogP contribution in [0.15, 0.2) is 74.3 Å². The van der Waals surface area contributed by atoms with Crippen molar-refractivity contribution >= 4 is 23.7 Å². The molecule has 150 valence electrons. The first kappa shape index (κ1) is 19.6. The lowest BCUT2D eigenvalue weighted by Gasteiger charge is -2.04. The summed E-state index contributed by atoms with van der Waals surface area (Å²) in [4.78, 5) is 32.4. The molecule has 0 amide bonds. The van der Waals surface area contributed by atoms with Crippen LogP contribution in [0, 0.1) is 6.92 Å². The number of rotatable bonds is 5. The molecule has 0 saturated carbocycles. The molecule has 0 atom stereocenters. The van der Waals surface area contributed by atoms with Crippen molar-refractivity contribution < 1.29 is 0 Å². The maximum absolute atomic E-state index is 12.9. The van der Waals surface area contributed by atoms with Crippen LogP contribution in [-0.2, 0) is 0 Å². The first-order valence-electron chi connectivity index (χ1n) is 9.10. The van der Waals surface area contributed by atoms with Crippen LogP contribution in [0.1, 0.15) is 11.3 Å². The molecule has 30 heavy (non-hydrogen) atoms. The fourth-order valence-corrected chi connectivity index (χ4v) is 3.30. The van der Waals surface area contributed by atoms with Crippen LogP contribution < -0.4 is 11.1 Å². The van der Waals surface area contributed by atoms with Gasteiger partial charge in [0.25, 0.3) is 11.1 Å². The molecule has 0 aliphatic carbocycles. The van der Waals surface area contributed by atoms with E-state index >= 15 is 0 Å². The third kappa shape index (κ3) is 3.74. The molecule has 0 spiro atoms. The van der Waals surface area contributed by atoms with E-state index in [-0.39, 0.29) is 16.8 Å². The number of para-hydroxylation sites is 2. The van der Waals surface area contributed by atoms with E-state index in [2.05, 4.69) is 25.3 Å². The maximum Gasteiger partial charge on any atom is 0.280 e. The molecular formula is C21H18N6O2S. The van der Waals surface area contributed by atoms with Crippen LogP contribution in [0.5, 0.6) is 0 Å². The Kier molecular flexibility index (Phi) is 5.44.